The van der Waals surface area contributed by atoms with E-state index in [4.69, 9.17) is 9.15 Å². The van der Waals surface area contributed by atoms with Gasteiger partial charge in [0.1, 0.15) is 28.8 Å². The van der Waals surface area contributed by atoms with Crippen LogP contribution in [-0.4, -0.2) is 48.7 Å². The SMILES string of the molecule is COc1ccccc1N1CCN(C(=O)c2cc3oc(C)cc3n2Cc2ccc(F)cc2F)CC1. The minimum absolute atomic E-state index is 0.0941. The zero-order valence-electron chi connectivity index (χ0n) is 19.1. The number of halogens is 2. The molecular weight excluding hydrogens is 440 g/mol. The largest absolute Gasteiger partial charge is 0.495 e. The number of carbonyl (C=O) groups is 1. The van der Waals surface area contributed by atoms with Gasteiger partial charge >= 0.3 is 0 Å². The lowest BCUT2D eigenvalue weighted by atomic mass is 10.2. The highest BCUT2D eigenvalue weighted by atomic mass is 19.1. The lowest BCUT2D eigenvalue weighted by Gasteiger charge is -2.36. The Hall–Kier alpha value is -3.81. The van der Waals surface area contributed by atoms with Gasteiger partial charge in [0.25, 0.3) is 5.91 Å². The first-order valence-corrected chi connectivity index (χ1v) is 11.2. The monoisotopic (exact) mass is 465 g/mol. The number of furan rings is 1. The highest BCUT2D eigenvalue weighted by molar-refractivity contribution is 5.98. The van der Waals surface area contributed by atoms with Gasteiger partial charge in [0, 0.05) is 49.9 Å². The van der Waals surface area contributed by atoms with E-state index in [0.29, 0.717) is 54.3 Å². The second-order valence-electron chi connectivity index (χ2n) is 8.41. The number of piperazine rings is 1. The number of hydrogen-bond donors (Lipinski definition) is 0. The molecule has 0 aliphatic carbocycles. The molecular formula is C26H25F2N3O3. The summed E-state index contributed by atoms with van der Waals surface area (Å²) in [7, 11) is 1.65. The zero-order valence-corrected chi connectivity index (χ0v) is 19.1. The summed E-state index contributed by atoms with van der Waals surface area (Å²) in [6, 6.07) is 14.8. The van der Waals surface area contributed by atoms with Gasteiger partial charge in [-0.2, -0.15) is 0 Å². The van der Waals surface area contributed by atoms with Crippen LogP contribution in [0.2, 0.25) is 0 Å². The Labute approximate surface area is 195 Å². The number of fused-ring (bicyclic) bond motifs is 1. The minimum atomic E-state index is -0.647. The van der Waals surface area contributed by atoms with Crippen LogP contribution < -0.4 is 9.64 Å². The average Bonchev–Trinajstić information content (AvgIpc) is 3.37. The number of aryl methyl sites for hydroxylation is 1. The summed E-state index contributed by atoms with van der Waals surface area (Å²) in [4.78, 5) is 17.5. The maximum Gasteiger partial charge on any atom is 0.270 e. The minimum Gasteiger partial charge on any atom is -0.495 e. The van der Waals surface area contributed by atoms with Gasteiger partial charge in [0.15, 0.2) is 5.58 Å². The van der Waals surface area contributed by atoms with Crippen LogP contribution in [0.25, 0.3) is 11.1 Å². The summed E-state index contributed by atoms with van der Waals surface area (Å²) in [5.74, 6) is 0.0652. The number of nitrogens with zero attached hydrogens (tertiary/aromatic N) is 3. The predicted molar refractivity (Wildman–Crippen MR) is 126 cm³/mol. The number of para-hydroxylation sites is 2. The molecule has 1 saturated heterocycles. The molecule has 0 atom stereocenters. The summed E-state index contributed by atoms with van der Waals surface area (Å²) in [5.41, 5.74) is 2.99. The Morgan fingerprint density at radius 3 is 2.53 bits per heavy atom. The van der Waals surface area contributed by atoms with E-state index in [1.54, 1.807) is 22.6 Å². The third-order valence-corrected chi connectivity index (χ3v) is 6.27. The van der Waals surface area contributed by atoms with Crippen LogP contribution in [0.5, 0.6) is 5.75 Å². The Morgan fingerprint density at radius 2 is 1.79 bits per heavy atom. The van der Waals surface area contributed by atoms with E-state index in [9.17, 15) is 13.6 Å². The quantitative estimate of drug-likeness (QED) is 0.423. The van der Waals surface area contributed by atoms with Gasteiger partial charge in [-0.15, -0.1) is 0 Å². The molecule has 1 aliphatic heterocycles. The van der Waals surface area contributed by atoms with Crippen LogP contribution in [0.3, 0.4) is 0 Å². The third-order valence-electron chi connectivity index (χ3n) is 6.27. The molecule has 176 valence electrons. The number of carbonyl (C=O) groups excluding carboxylic acids is 1. The molecule has 5 rings (SSSR count). The van der Waals surface area contributed by atoms with Crippen molar-refractivity contribution in [1.82, 2.24) is 9.47 Å². The molecule has 0 N–H and O–H groups in total. The zero-order chi connectivity index (χ0) is 23.8. The van der Waals surface area contributed by atoms with E-state index < -0.39 is 11.6 Å². The molecule has 2 aromatic carbocycles. The molecule has 4 aromatic rings. The molecule has 8 heteroatoms. The summed E-state index contributed by atoms with van der Waals surface area (Å²) in [6.07, 6.45) is 0. The fourth-order valence-electron chi connectivity index (χ4n) is 4.54. The van der Waals surface area contributed by atoms with Crippen molar-refractivity contribution < 1.29 is 22.7 Å². The summed E-state index contributed by atoms with van der Waals surface area (Å²) in [5, 5.41) is 0. The van der Waals surface area contributed by atoms with Gasteiger partial charge in [-0.05, 0) is 25.1 Å². The van der Waals surface area contributed by atoms with Crippen LogP contribution in [0.15, 0.2) is 59.0 Å². The molecule has 3 heterocycles. The summed E-state index contributed by atoms with van der Waals surface area (Å²) >= 11 is 0. The average molecular weight is 466 g/mol. The number of benzene rings is 2. The Bertz CT molecular complexity index is 1350. The standard InChI is InChI=1S/C26H25F2N3O3/c1-17-13-22-25(34-17)15-23(31(22)16-18-7-8-19(27)14-20(18)28)26(32)30-11-9-29(10-12-30)21-5-3-4-6-24(21)33-2/h3-8,13-15H,9-12,16H2,1-2H3. The second kappa shape index (κ2) is 8.85. The third kappa shape index (κ3) is 4.00. The number of methoxy groups -OCH3 is 1. The van der Waals surface area contributed by atoms with E-state index in [0.717, 1.165) is 17.5 Å². The smallest absolute Gasteiger partial charge is 0.270 e. The topological polar surface area (TPSA) is 50.9 Å². The van der Waals surface area contributed by atoms with Crippen molar-refractivity contribution >= 4 is 22.7 Å². The van der Waals surface area contributed by atoms with Crippen LogP contribution >= 0.6 is 0 Å². The molecule has 2 aromatic heterocycles. The number of hydrogen-bond acceptors (Lipinski definition) is 4. The second-order valence-corrected chi connectivity index (χ2v) is 8.41. The molecule has 1 amide bonds. The first-order chi connectivity index (χ1) is 16.4. The lowest BCUT2D eigenvalue weighted by Crippen LogP contribution is -2.49. The van der Waals surface area contributed by atoms with Gasteiger partial charge < -0.3 is 23.5 Å². The molecule has 0 spiro atoms. The number of amides is 1. The fraction of sp³-hybridized carbons (Fsp3) is 0.269. The highest BCUT2D eigenvalue weighted by Crippen LogP contribution is 2.30. The molecule has 1 aliphatic rings. The first kappa shape index (κ1) is 22.0. The molecule has 0 radical (unpaired) electrons. The van der Waals surface area contributed by atoms with Gasteiger partial charge in [-0.1, -0.05) is 18.2 Å². The first-order valence-electron chi connectivity index (χ1n) is 11.2. The number of rotatable bonds is 5. The van der Waals surface area contributed by atoms with E-state index in [1.165, 1.54) is 12.1 Å². The van der Waals surface area contributed by atoms with Crippen molar-refractivity contribution in [2.45, 2.75) is 13.5 Å². The van der Waals surface area contributed by atoms with Crippen molar-refractivity contribution in [2.75, 3.05) is 38.2 Å². The van der Waals surface area contributed by atoms with Crippen molar-refractivity contribution in [3.63, 3.8) is 0 Å². The maximum absolute atomic E-state index is 14.4. The van der Waals surface area contributed by atoms with Crippen LogP contribution in [0, 0.1) is 18.6 Å². The molecule has 0 unspecified atom stereocenters. The van der Waals surface area contributed by atoms with Crippen molar-refractivity contribution in [1.29, 1.82) is 0 Å². The maximum atomic E-state index is 14.4. The van der Waals surface area contributed by atoms with Crippen molar-refractivity contribution in [3.8, 4) is 5.75 Å². The number of aromatic nitrogens is 1. The molecule has 34 heavy (non-hydrogen) atoms. The Morgan fingerprint density at radius 1 is 1.03 bits per heavy atom. The number of anilines is 1. The van der Waals surface area contributed by atoms with Crippen molar-refractivity contribution in [3.05, 3.63) is 83.2 Å². The van der Waals surface area contributed by atoms with Gasteiger partial charge in [-0.25, -0.2) is 8.78 Å². The molecule has 1 fully saturated rings. The molecule has 0 bridgehead atoms. The number of ether oxygens (including phenoxy) is 1. The van der Waals surface area contributed by atoms with Crippen LogP contribution in [0.4, 0.5) is 14.5 Å². The fourth-order valence-corrected chi connectivity index (χ4v) is 4.54. The van der Waals surface area contributed by atoms with E-state index in [1.807, 2.05) is 37.3 Å². The summed E-state index contributed by atoms with van der Waals surface area (Å²) in [6.45, 7) is 4.31. The predicted octanol–water partition coefficient (Wildman–Crippen LogP) is 4.84. The van der Waals surface area contributed by atoms with Crippen LogP contribution in [0.1, 0.15) is 21.8 Å². The van der Waals surface area contributed by atoms with Gasteiger partial charge in [0.05, 0.1) is 24.9 Å². The van der Waals surface area contributed by atoms with E-state index in [-0.39, 0.29) is 12.5 Å². The van der Waals surface area contributed by atoms with Gasteiger partial charge in [0.2, 0.25) is 0 Å². The van der Waals surface area contributed by atoms with Crippen LogP contribution in [-0.2, 0) is 6.54 Å². The molecule has 0 saturated carbocycles. The summed E-state index contributed by atoms with van der Waals surface area (Å²) < 4.78 is 40.8. The van der Waals surface area contributed by atoms with E-state index >= 15 is 0 Å². The normalized spacial score (nSPS) is 14.1. The van der Waals surface area contributed by atoms with E-state index in [2.05, 4.69) is 4.90 Å². The highest BCUT2D eigenvalue weighted by Gasteiger charge is 2.27. The molecule has 6 nitrogen and oxygen atoms in total. The van der Waals surface area contributed by atoms with Gasteiger partial charge in [-0.3, -0.25) is 4.79 Å². The lowest BCUT2D eigenvalue weighted by molar-refractivity contribution is 0.0736. The Kier molecular flexibility index (Phi) is 5.73. The van der Waals surface area contributed by atoms with Crippen molar-refractivity contribution in [2.24, 2.45) is 0 Å². The Balaban J connectivity index is 1.40.